The van der Waals surface area contributed by atoms with Gasteiger partial charge >= 0.3 is 0 Å². The Labute approximate surface area is 161 Å². The van der Waals surface area contributed by atoms with Crippen LogP contribution in [0.3, 0.4) is 0 Å². The van der Waals surface area contributed by atoms with Gasteiger partial charge in [0, 0.05) is 29.9 Å². The van der Waals surface area contributed by atoms with Gasteiger partial charge in [0.1, 0.15) is 0 Å². The SMILES string of the molecule is O=C(Nc1ccc(S(=O)(=O)N2CCCC2)cc1)c1cccc(-c2nn[nH]n2)c1. The van der Waals surface area contributed by atoms with Gasteiger partial charge in [-0.2, -0.15) is 9.52 Å². The number of hydrogen-bond acceptors (Lipinski definition) is 6. The number of rotatable bonds is 5. The first-order valence-corrected chi connectivity index (χ1v) is 10.2. The zero-order chi connectivity index (χ0) is 19.6. The standard InChI is InChI=1S/C18H18N6O3S/c25-18(14-5-3-4-13(12-14)17-20-22-23-21-17)19-15-6-8-16(9-7-15)28(26,27)24-10-1-2-11-24/h3-9,12H,1-2,10-11H2,(H,19,25)(H,20,21,22,23). The number of H-pyrrole nitrogens is 1. The number of amides is 1. The van der Waals surface area contributed by atoms with E-state index in [4.69, 9.17) is 0 Å². The predicted molar refractivity (Wildman–Crippen MR) is 102 cm³/mol. The Hall–Kier alpha value is -3.11. The van der Waals surface area contributed by atoms with Crippen LogP contribution in [0.4, 0.5) is 5.69 Å². The lowest BCUT2D eigenvalue weighted by Crippen LogP contribution is -2.27. The summed E-state index contributed by atoms with van der Waals surface area (Å²) < 4.78 is 26.6. The third-order valence-electron chi connectivity index (χ3n) is 4.54. The molecule has 4 rings (SSSR count). The molecule has 0 bridgehead atoms. The molecule has 10 heteroatoms. The zero-order valence-corrected chi connectivity index (χ0v) is 15.7. The Balaban J connectivity index is 1.49. The summed E-state index contributed by atoms with van der Waals surface area (Å²) in [6, 6.07) is 13.0. The van der Waals surface area contributed by atoms with E-state index < -0.39 is 10.0 Å². The molecule has 1 aliphatic rings. The van der Waals surface area contributed by atoms with Gasteiger partial charge < -0.3 is 5.32 Å². The molecule has 3 aromatic rings. The lowest BCUT2D eigenvalue weighted by atomic mass is 10.1. The number of carbonyl (C=O) groups excluding carboxylic acids is 1. The van der Waals surface area contributed by atoms with Gasteiger partial charge in [-0.1, -0.05) is 12.1 Å². The Bertz CT molecular complexity index is 1070. The first-order chi connectivity index (χ1) is 13.5. The molecule has 0 saturated carbocycles. The van der Waals surface area contributed by atoms with Crippen molar-refractivity contribution in [3.63, 3.8) is 0 Å². The fourth-order valence-corrected chi connectivity index (χ4v) is 4.59. The third-order valence-corrected chi connectivity index (χ3v) is 6.46. The molecule has 1 fully saturated rings. The average molecular weight is 398 g/mol. The van der Waals surface area contributed by atoms with Crippen LogP contribution in [0.5, 0.6) is 0 Å². The van der Waals surface area contributed by atoms with E-state index in [1.165, 1.54) is 16.4 Å². The normalized spacial score (nSPS) is 14.9. The van der Waals surface area contributed by atoms with Crippen LogP contribution in [0, 0.1) is 0 Å². The molecule has 0 radical (unpaired) electrons. The van der Waals surface area contributed by atoms with E-state index in [0.717, 1.165) is 12.8 Å². The summed E-state index contributed by atoms with van der Waals surface area (Å²) in [4.78, 5) is 12.8. The van der Waals surface area contributed by atoms with Gasteiger partial charge in [0.05, 0.1) is 4.90 Å². The number of carbonyl (C=O) groups is 1. The molecule has 1 amide bonds. The lowest BCUT2D eigenvalue weighted by molar-refractivity contribution is 0.102. The second-order valence-electron chi connectivity index (χ2n) is 6.41. The minimum Gasteiger partial charge on any atom is -0.322 e. The number of hydrogen-bond donors (Lipinski definition) is 2. The topological polar surface area (TPSA) is 121 Å². The van der Waals surface area contributed by atoms with Crippen LogP contribution in [0.1, 0.15) is 23.2 Å². The van der Waals surface area contributed by atoms with Crippen molar-refractivity contribution in [1.29, 1.82) is 0 Å². The number of nitrogens with zero attached hydrogens (tertiary/aromatic N) is 4. The van der Waals surface area contributed by atoms with E-state index in [1.54, 1.807) is 36.4 Å². The second kappa shape index (κ2) is 7.49. The van der Waals surface area contributed by atoms with Crippen LogP contribution in [0.15, 0.2) is 53.4 Å². The maximum absolute atomic E-state index is 12.6. The summed E-state index contributed by atoms with van der Waals surface area (Å²) >= 11 is 0. The highest BCUT2D eigenvalue weighted by Gasteiger charge is 2.26. The molecular formula is C18H18N6O3S. The fraction of sp³-hybridized carbons (Fsp3) is 0.222. The smallest absolute Gasteiger partial charge is 0.255 e. The fourth-order valence-electron chi connectivity index (χ4n) is 3.07. The molecule has 0 spiro atoms. The Morgan fingerprint density at radius 1 is 1.07 bits per heavy atom. The van der Waals surface area contributed by atoms with Crippen molar-refractivity contribution >= 4 is 21.6 Å². The van der Waals surface area contributed by atoms with Crippen LogP contribution >= 0.6 is 0 Å². The number of benzene rings is 2. The summed E-state index contributed by atoms with van der Waals surface area (Å²) in [6.45, 7) is 1.11. The van der Waals surface area contributed by atoms with Crippen LogP contribution < -0.4 is 5.32 Å². The number of nitrogens with one attached hydrogen (secondary N) is 2. The van der Waals surface area contributed by atoms with Gasteiger partial charge in [0.25, 0.3) is 5.91 Å². The van der Waals surface area contributed by atoms with Crippen molar-refractivity contribution in [2.75, 3.05) is 18.4 Å². The molecule has 0 aliphatic carbocycles. The number of tetrazole rings is 1. The zero-order valence-electron chi connectivity index (χ0n) is 14.9. The van der Waals surface area contributed by atoms with Gasteiger partial charge in [-0.3, -0.25) is 4.79 Å². The number of sulfonamides is 1. The molecule has 2 N–H and O–H groups in total. The number of aromatic amines is 1. The summed E-state index contributed by atoms with van der Waals surface area (Å²) in [6.07, 6.45) is 1.77. The molecule has 0 unspecified atom stereocenters. The summed E-state index contributed by atoms with van der Waals surface area (Å²) in [5.74, 6) is 0.0756. The van der Waals surface area contributed by atoms with E-state index in [2.05, 4.69) is 25.9 Å². The lowest BCUT2D eigenvalue weighted by Gasteiger charge is -2.15. The van der Waals surface area contributed by atoms with Gasteiger partial charge in [-0.05, 0) is 54.5 Å². The molecular weight excluding hydrogens is 380 g/mol. The van der Waals surface area contributed by atoms with Crippen molar-refractivity contribution in [2.24, 2.45) is 0 Å². The largest absolute Gasteiger partial charge is 0.322 e. The van der Waals surface area contributed by atoms with Crippen molar-refractivity contribution in [3.8, 4) is 11.4 Å². The van der Waals surface area contributed by atoms with Gasteiger partial charge in [-0.25, -0.2) is 8.42 Å². The minimum atomic E-state index is -3.47. The molecule has 28 heavy (non-hydrogen) atoms. The van der Waals surface area contributed by atoms with Crippen molar-refractivity contribution in [3.05, 3.63) is 54.1 Å². The molecule has 9 nitrogen and oxygen atoms in total. The predicted octanol–water partition coefficient (Wildman–Crippen LogP) is 1.90. The Morgan fingerprint density at radius 2 is 1.82 bits per heavy atom. The van der Waals surface area contributed by atoms with E-state index in [1.807, 2.05) is 0 Å². The minimum absolute atomic E-state index is 0.228. The highest BCUT2D eigenvalue weighted by Crippen LogP contribution is 2.23. The first-order valence-electron chi connectivity index (χ1n) is 8.79. The highest BCUT2D eigenvalue weighted by atomic mass is 32.2. The monoisotopic (exact) mass is 398 g/mol. The van der Waals surface area contributed by atoms with Gasteiger partial charge in [0.15, 0.2) is 0 Å². The second-order valence-corrected chi connectivity index (χ2v) is 8.34. The molecule has 1 saturated heterocycles. The number of aromatic nitrogens is 4. The average Bonchev–Trinajstić information content (AvgIpc) is 3.43. The molecule has 2 heterocycles. The van der Waals surface area contributed by atoms with Crippen molar-refractivity contribution < 1.29 is 13.2 Å². The van der Waals surface area contributed by atoms with Gasteiger partial charge in [0.2, 0.25) is 15.8 Å². The van der Waals surface area contributed by atoms with Crippen LogP contribution in [-0.2, 0) is 10.0 Å². The number of anilines is 1. The maximum atomic E-state index is 12.6. The van der Waals surface area contributed by atoms with E-state index in [0.29, 0.717) is 35.7 Å². The Morgan fingerprint density at radius 3 is 2.50 bits per heavy atom. The van der Waals surface area contributed by atoms with Crippen LogP contribution in [0.2, 0.25) is 0 Å². The molecule has 0 atom stereocenters. The quantitative estimate of drug-likeness (QED) is 0.677. The summed E-state index contributed by atoms with van der Waals surface area (Å²) in [5, 5.41) is 16.4. The molecule has 2 aromatic carbocycles. The van der Waals surface area contributed by atoms with Crippen molar-refractivity contribution in [2.45, 2.75) is 17.7 Å². The van der Waals surface area contributed by atoms with Crippen molar-refractivity contribution in [1.82, 2.24) is 24.9 Å². The molecule has 1 aromatic heterocycles. The first kappa shape index (κ1) is 18.3. The third kappa shape index (κ3) is 3.64. The summed E-state index contributed by atoms with van der Waals surface area (Å²) in [5.41, 5.74) is 1.60. The molecule has 144 valence electrons. The van der Waals surface area contributed by atoms with Crippen LogP contribution in [0.25, 0.3) is 11.4 Å². The van der Waals surface area contributed by atoms with Gasteiger partial charge in [-0.15, -0.1) is 10.2 Å². The van der Waals surface area contributed by atoms with E-state index in [-0.39, 0.29) is 10.8 Å². The maximum Gasteiger partial charge on any atom is 0.255 e. The highest BCUT2D eigenvalue weighted by molar-refractivity contribution is 7.89. The summed E-state index contributed by atoms with van der Waals surface area (Å²) in [7, 11) is -3.47. The van der Waals surface area contributed by atoms with E-state index >= 15 is 0 Å². The Kier molecular flexibility index (Phi) is 4.88. The van der Waals surface area contributed by atoms with Crippen LogP contribution in [-0.4, -0.2) is 52.3 Å². The molecule has 1 aliphatic heterocycles. The van der Waals surface area contributed by atoms with E-state index in [9.17, 15) is 13.2 Å².